The molecule has 5 nitrogen and oxygen atoms in total. The molecule has 3 aromatic carbocycles. The molecule has 7 heteroatoms. The van der Waals surface area contributed by atoms with Gasteiger partial charge in [-0.2, -0.15) is 0 Å². The Morgan fingerprint density at radius 2 is 1.94 bits per heavy atom. The monoisotopic (exact) mass is 451 g/mol. The van der Waals surface area contributed by atoms with Gasteiger partial charge in [-0.3, -0.25) is 9.69 Å². The summed E-state index contributed by atoms with van der Waals surface area (Å²) in [5.74, 6) is 0.865. The van der Waals surface area contributed by atoms with Crippen molar-refractivity contribution in [1.82, 2.24) is 4.90 Å². The van der Waals surface area contributed by atoms with E-state index in [1.807, 2.05) is 23.1 Å². The standard InChI is InChI=1S/C25H19ClFNO4/c1-30-22-8-3-2-5-15(22)19-13-31-25-16(24(19)29)9-10-23-18(25)12-28(14-32-23)11-17-20(26)6-4-7-21(17)27/h2-10,13H,11-12,14H2,1H3. The Morgan fingerprint density at radius 3 is 2.75 bits per heavy atom. The highest BCUT2D eigenvalue weighted by Gasteiger charge is 2.24. The Bertz CT molecular complexity index is 1360. The second-order valence-electron chi connectivity index (χ2n) is 7.56. The molecule has 1 aliphatic rings. The van der Waals surface area contributed by atoms with Crippen LogP contribution >= 0.6 is 11.6 Å². The zero-order chi connectivity index (χ0) is 22.2. The van der Waals surface area contributed by atoms with Crippen LogP contribution in [0.5, 0.6) is 11.5 Å². The average Bonchev–Trinajstić information content (AvgIpc) is 2.81. The Kier molecular flexibility index (Phi) is 5.33. The molecule has 0 bridgehead atoms. The van der Waals surface area contributed by atoms with Gasteiger partial charge in [0.25, 0.3) is 0 Å². The van der Waals surface area contributed by atoms with Gasteiger partial charge in [0.1, 0.15) is 35.9 Å². The fourth-order valence-electron chi connectivity index (χ4n) is 4.02. The number of fused-ring (bicyclic) bond motifs is 3. The van der Waals surface area contributed by atoms with E-state index < -0.39 is 0 Å². The molecule has 5 rings (SSSR count). The number of benzene rings is 3. The van der Waals surface area contributed by atoms with Gasteiger partial charge in [-0.15, -0.1) is 0 Å². The highest BCUT2D eigenvalue weighted by molar-refractivity contribution is 6.31. The Morgan fingerprint density at radius 1 is 1.09 bits per heavy atom. The van der Waals surface area contributed by atoms with Gasteiger partial charge in [0.2, 0.25) is 5.43 Å². The normalized spacial score (nSPS) is 13.6. The number of hydrogen-bond acceptors (Lipinski definition) is 5. The first-order valence-electron chi connectivity index (χ1n) is 10.1. The first-order chi connectivity index (χ1) is 15.6. The summed E-state index contributed by atoms with van der Waals surface area (Å²) in [6.45, 7) is 0.964. The maximum Gasteiger partial charge on any atom is 0.200 e. The molecular formula is C25H19ClFNO4. The van der Waals surface area contributed by atoms with Crippen LogP contribution in [0, 0.1) is 5.82 Å². The first-order valence-corrected chi connectivity index (χ1v) is 10.4. The minimum Gasteiger partial charge on any atom is -0.496 e. The number of rotatable bonds is 4. The van der Waals surface area contributed by atoms with Crippen molar-refractivity contribution in [3.8, 4) is 22.6 Å². The van der Waals surface area contributed by atoms with Crippen molar-refractivity contribution < 1.29 is 18.3 Å². The van der Waals surface area contributed by atoms with Crippen LogP contribution in [0.3, 0.4) is 0 Å². The number of methoxy groups -OCH3 is 1. The molecule has 0 atom stereocenters. The molecule has 0 radical (unpaired) electrons. The molecule has 1 aliphatic heterocycles. The lowest BCUT2D eigenvalue weighted by atomic mass is 10.0. The largest absolute Gasteiger partial charge is 0.496 e. The van der Waals surface area contributed by atoms with Gasteiger partial charge in [0.05, 0.1) is 23.6 Å². The van der Waals surface area contributed by atoms with Gasteiger partial charge in [-0.25, -0.2) is 4.39 Å². The molecule has 1 aromatic heterocycles. The predicted molar refractivity (Wildman–Crippen MR) is 121 cm³/mol. The molecule has 32 heavy (non-hydrogen) atoms. The summed E-state index contributed by atoms with van der Waals surface area (Å²) in [5.41, 5.74) is 2.52. The smallest absolute Gasteiger partial charge is 0.200 e. The maximum absolute atomic E-state index is 14.3. The van der Waals surface area contributed by atoms with Crippen LogP contribution in [0.4, 0.5) is 4.39 Å². The Labute approximate surface area is 188 Å². The van der Waals surface area contributed by atoms with Gasteiger partial charge in [-0.05, 0) is 30.3 Å². The van der Waals surface area contributed by atoms with Crippen molar-refractivity contribution in [3.05, 3.63) is 93.1 Å². The summed E-state index contributed by atoms with van der Waals surface area (Å²) in [5, 5.41) is 0.809. The van der Waals surface area contributed by atoms with E-state index in [1.54, 1.807) is 37.4 Å². The molecule has 4 aromatic rings. The van der Waals surface area contributed by atoms with E-state index in [9.17, 15) is 9.18 Å². The molecule has 0 unspecified atom stereocenters. The second kappa shape index (κ2) is 8.30. The molecule has 2 heterocycles. The zero-order valence-electron chi connectivity index (χ0n) is 17.2. The van der Waals surface area contributed by atoms with E-state index >= 15 is 0 Å². The molecule has 162 valence electrons. The van der Waals surface area contributed by atoms with E-state index in [0.717, 1.165) is 5.56 Å². The lowest BCUT2D eigenvalue weighted by Gasteiger charge is -2.29. The molecule has 0 spiro atoms. The fourth-order valence-corrected chi connectivity index (χ4v) is 4.24. The summed E-state index contributed by atoms with van der Waals surface area (Å²) in [6, 6.07) is 15.4. The third kappa shape index (κ3) is 3.51. The van der Waals surface area contributed by atoms with Crippen molar-refractivity contribution in [2.45, 2.75) is 13.1 Å². The van der Waals surface area contributed by atoms with E-state index in [4.69, 9.17) is 25.5 Å². The molecule has 0 saturated carbocycles. The van der Waals surface area contributed by atoms with Crippen LogP contribution in [0.25, 0.3) is 22.1 Å². The molecule has 0 fully saturated rings. The average molecular weight is 452 g/mol. The van der Waals surface area contributed by atoms with Crippen LogP contribution in [0.15, 0.2) is 70.1 Å². The summed E-state index contributed by atoms with van der Waals surface area (Å²) in [7, 11) is 1.56. The van der Waals surface area contributed by atoms with E-state index in [-0.39, 0.29) is 24.5 Å². The molecule has 0 amide bonds. The number of para-hydroxylation sites is 1. The maximum atomic E-state index is 14.3. The van der Waals surface area contributed by atoms with Crippen LogP contribution in [-0.2, 0) is 13.1 Å². The molecule has 0 saturated heterocycles. The Balaban J connectivity index is 1.55. The highest BCUT2D eigenvalue weighted by atomic mass is 35.5. The van der Waals surface area contributed by atoms with Gasteiger partial charge in [-0.1, -0.05) is 35.9 Å². The summed E-state index contributed by atoms with van der Waals surface area (Å²) >= 11 is 6.19. The SMILES string of the molecule is COc1ccccc1-c1coc2c3c(ccc2c1=O)OCN(Cc1c(F)cccc1Cl)C3. The topological polar surface area (TPSA) is 51.9 Å². The lowest BCUT2D eigenvalue weighted by Crippen LogP contribution is -2.32. The predicted octanol–water partition coefficient (Wildman–Crippen LogP) is 5.61. The minimum atomic E-state index is -0.366. The van der Waals surface area contributed by atoms with Crippen LogP contribution in [0.2, 0.25) is 5.02 Å². The van der Waals surface area contributed by atoms with Crippen molar-refractivity contribution in [1.29, 1.82) is 0 Å². The van der Waals surface area contributed by atoms with Crippen molar-refractivity contribution >= 4 is 22.6 Å². The van der Waals surface area contributed by atoms with Crippen molar-refractivity contribution in [2.24, 2.45) is 0 Å². The van der Waals surface area contributed by atoms with Gasteiger partial charge < -0.3 is 13.9 Å². The number of nitrogens with zero attached hydrogens (tertiary/aromatic N) is 1. The number of ether oxygens (including phenoxy) is 2. The van der Waals surface area contributed by atoms with Crippen LogP contribution in [0.1, 0.15) is 11.1 Å². The van der Waals surface area contributed by atoms with Gasteiger partial charge >= 0.3 is 0 Å². The molecule has 0 N–H and O–H groups in total. The summed E-state index contributed by atoms with van der Waals surface area (Å²) < 4.78 is 31.5. The number of hydrogen-bond donors (Lipinski definition) is 0. The highest BCUT2D eigenvalue weighted by Crippen LogP contribution is 2.35. The third-order valence-corrected chi connectivity index (χ3v) is 5.98. The molecule has 0 aliphatic carbocycles. The minimum absolute atomic E-state index is 0.159. The Hall–Kier alpha value is -3.35. The molecular weight excluding hydrogens is 433 g/mol. The van der Waals surface area contributed by atoms with E-state index in [2.05, 4.69) is 0 Å². The van der Waals surface area contributed by atoms with Gasteiger partial charge in [0.15, 0.2) is 0 Å². The first kappa shape index (κ1) is 20.5. The van der Waals surface area contributed by atoms with Crippen LogP contribution < -0.4 is 14.9 Å². The second-order valence-corrected chi connectivity index (χ2v) is 7.97. The lowest BCUT2D eigenvalue weighted by molar-refractivity contribution is 0.0880. The zero-order valence-corrected chi connectivity index (χ0v) is 18.0. The van der Waals surface area contributed by atoms with E-state index in [0.29, 0.717) is 50.7 Å². The van der Waals surface area contributed by atoms with E-state index in [1.165, 1.54) is 12.3 Å². The van der Waals surface area contributed by atoms with Crippen molar-refractivity contribution in [3.63, 3.8) is 0 Å². The van der Waals surface area contributed by atoms with Crippen LogP contribution in [-0.4, -0.2) is 18.7 Å². The van der Waals surface area contributed by atoms with Crippen molar-refractivity contribution in [2.75, 3.05) is 13.8 Å². The van der Waals surface area contributed by atoms with Gasteiger partial charge in [0, 0.05) is 29.2 Å². The number of halogens is 2. The third-order valence-electron chi connectivity index (χ3n) is 5.63. The fraction of sp³-hybridized carbons (Fsp3) is 0.160. The summed E-state index contributed by atoms with van der Waals surface area (Å²) in [4.78, 5) is 15.2. The quantitative estimate of drug-likeness (QED) is 0.403. The summed E-state index contributed by atoms with van der Waals surface area (Å²) in [6.07, 6.45) is 1.45.